The highest BCUT2D eigenvalue weighted by Gasteiger charge is 2.27. The summed E-state index contributed by atoms with van der Waals surface area (Å²) in [5.74, 6) is -0.901. The van der Waals surface area contributed by atoms with E-state index in [0.717, 1.165) is 12.8 Å². The van der Waals surface area contributed by atoms with E-state index in [0.29, 0.717) is 6.54 Å². The number of urea groups is 1. The summed E-state index contributed by atoms with van der Waals surface area (Å²) in [6.45, 7) is 4.56. The van der Waals surface area contributed by atoms with Gasteiger partial charge in [0.05, 0.1) is 6.42 Å². The van der Waals surface area contributed by atoms with Crippen molar-refractivity contribution in [3.8, 4) is 0 Å². The van der Waals surface area contributed by atoms with E-state index in [2.05, 4.69) is 17.6 Å². The second kappa shape index (κ2) is 6.61. The van der Waals surface area contributed by atoms with Gasteiger partial charge in [0, 0.05) is 12.6 Å². The van der Waals surface area contributed by atoms with Gasteiger partial charge in [-0.2, -0.15) is 0 Å². The molecular formula is C13H24N2O3. The zero-order valence-electron chi connectivity index (χ0n) is 11.3. The normalized spacial score (nSPS) is 19.9. The molecule has 5 heteroatoms. The number of rotatable bonds is 5. The summed E-state index contributed by atoms with van der Waals surface area (Å²) in [5, 5.41) is 14.1. The maximum atomic E-state index is 11.6. The molecule has 0 saturated heterocycles. The van der Waals surface area contributed by atoms with Crippen molar-refractivity contribution >= 4 is 12.0 Å². The molecule has 0 aromatic rings. The molecule has 3 N–H and O–H groups in total. The number of nitrogens with one attached hydrogen (secondary N) is 2. The fourth-order valence-corrected chi connectivity index (χ4v) is 2.46. The van der Waals surface area contributed by atoms with Crippen LogP contribution in [-0.4, -0.2) is 29.7 Å². The number of carboxylic acid groups (broad SMARTS) is 1. The molecule has 1 atom stereocenters. The van der Waals surface area contributed by atoms with E-state index in [4.69, 9.17) is 5.11 Å². The Kier molecular flexibility index (Phi) is 5.44. The van der Waals surface area contributed by atoms with Crippen LogP contribution in [0.4, 0.5) is 4.79 Å². The highest BCUT2D eigenvalue weighted by molar-refractivity contribution is 5.75. The highest BCUT2D eigenvalue weighted by atomic mass is 16.4. The van der Waals surface area contributed by atoms with Gasteiger partial charge in [-0.15, -0.1) is 0 Å². The average molecular weight is 256 g/mol. The van der Waals surface area contributed by atoms with Crippen molar-refractivity contribution in [1.29, 1.82) is 0 Å². The van der Waals surface area contributed by atoms with Gasteiger partial charge in [-0.1, -0.05) is 26.2 Å². The van der Waals surface area contributed by atoms with E-state index >= 15 is 0 Å². The molecular weight excluding hydrogens is 232 g/mol. The molecule has 1 unspecified atom stereocenters. The third kappa shape index (κ3) is 5.38. The Morgan fingerprint density at radius 1 is 1.28 bits per heavy atom. The van der Waals surface area contributed by atoms with E-state index in [1.54, 1.807) is 6.92 Å². The van der Waals surface area contributed by atoms with Crippen molar-refractivity contribution in [3.63, 3.8) is 0 Å². The Bertz CT molecular complexity index is 299. The van der Waals surface area contributed by atoms with Crippen LogP contribution in [0.15, 0.2) is 0 Å². The first kappa shape index (κ1) is 14.8. The first-order valence-corrected chi connectivity index (χ1v) is 6.67. The van der Waals surface area contributed by atoms with Gasteiger partial charge in [0.25, 0.3) is 0 Å². The van der Waals surface area contributed by atoms with Gasteiger partial charge in [0.15, 0.2) is 0 Å². The summed E-state index contributed by atoms with van der Waals surface area (Å²) in [7, 11) is 0. The number of carbonyl (C=O) groups excluding carboxylic acids is 1. The van der Waals surface area contributed by atoms with Crippen LogP contribution in [0.2, 0.25) is 0 Å². The van der Waals surface area contributed by atoms with Crippen LogP contribution >= 0.6 is 0 Å². The van der Waals surface area contributed by atoms with Gasteiger partial charge >= 0.3 is 12.0 Å². The molecule has 0 aliphatic heterocycles. The van der Waals surface area contributed by atoms with Gasteiger partial charge in [0.2, 0.25) is 0 Å². The monoisotopic (exact) mass is 256 g/mol. The summed E-state index contributed by atoms with van der Waals surface area (Å²) < 4.78 is 0. The number of carboxylic acids is 1. The van der Waals surface area contributed by atoms with Crippen LogP contribution in [0.25, 0.3) is 0 Å². The van der Waals surface area contributed by atoms with Crippen LogP contribution in [0.3, 0.4) is 0 Å². The third-order valence-electron chi connectivity index (χ3n) is 3.59. The molecule has 104 valence electrons. The largest absolute Gasteiger partial charge is 0.481 e. The van der Waals surface area contributed by atoms with Crippen molar-refractivity contribution in [2.75, 3.05) is 6.54 Å². The molecule has 1 rings (SSSR count). The topological polar surface area (TPSA) is 78.4 Å². The average Bonchev–Trinajstić information content (AvgIpc) is 2.26. The second-order valence-electron chi connectivity index (χ2n) is 5.70. The third-order valence-corrected chi connectivity index (χ3v) is 3.59. The minimum absolute atomic E-state index is 0.0509. The zero-order chi connectivity index (χ0) is 13.6. The van der Waals surface area contributed by atoms with Gasteiger partial charge in [-0.25, -0.2) is 4.79 Å². The Hall–Kier alpha value is -1.26. The lowest BCUT2D eigenvalue weighted by Gasteiger charge is -2.33. The number of aliphatic carboxylic acids is 1. The van der Waals surface area contributed by atoms with E-state index in [1.807, 2.05) is 0 Å². The predicted molar refractivity (Wildman–Crippen MR) is 69.4 cm³/mol. The molecule has 0 aromatic heterocycles. The highest BCUT2D eigenvalue weighted by Crippen LogP contribution is 2.34. The first-order valence-electron chi connectivity index (χ1n) is 6.67. The predicted octanol–water partition coefficient (Wildman–Crippen LogP) is 2.12. The van der Waals surface area contributed by atoms with Gasteiger partial charge < -0.3 is 15.7 Å². The SMILES string of the molecule is CC(CC(=O)O)NC(=O)NCC1(C)CCCCC1. The Labute approximate surface area is 108 Å². The summed E-state index contributed by atoms with van der Waals surface area (Å²) in [5.41, 5.74) is 0.200. The van der Waals surface area contributed by atoms with E-state index < -0.39 is 5.97 Å². The van der Waals surface area contributed by atoms with E-state index in [1.165, 1.54) is 19.3 Å². The molecule has 1 aliphatic carbocycles. The standard InChI is InChI=1S/C13H24N2O3/c1-10(8-11(16)17)15-12(18)14-9-13(2)6-4-3-5-7-13/h10H,3-9H2,1-2H3,(H,16,17)(H2,14,15,18). The van der Waals surface area contributed by atoms with Crippen molar-refractivity contribution in [2.24, 2.45) is 5.41 Å². The van der Waals surface area contributed by atoms with Crippen LogP contribution in [0.1, 0.15) is 52.4 Å². The fraction of sp³-hybridized carbons (Fsp3) is 0.846. The molecule has 0 aromatic carbocycles. The molecule has 0 heterocycles. The lowest BCUT2D eigenvalue weighted by Crippen LogP contribution is -2.45. The lowest BCUT2D eigenvalue weighted by molar-refractivity contribution is -0.137. The number of amides is 2. The Morgan fingerprint density at radius 3 is 2.44 bits per heavy atom. The minimum Gasteiger partial charge on any atom is -0.481 e. The van der Waals surface area contributed by atoms with E-state index in [9.17, 15) is 9.59 Å². The number of carbonyl (C=O) groups is 2. The molecule has 2 amide bonds. The van der Waals surface area contributed by atoms with Crippen LogP contribution in [0.5, 0.6) is 0 Å². The minimum atomic E-state index is -0.901. The van der Waals surface area contributed by atoms with Crippen molar-refractivity contribution < 1.29 is 14.7 Å². The van der Waals surface area contributed by atoms with Gasteiger partial charge in [0.1, 0.15) is 0 Å². The summed E-state index contributed by atoms with van der Waals surface area (Å²) in [6.07, 6.45) is 6.00. The molecule has 1 fully saturated rings. The molecule has 1 saturated carbocycles. The molecule has 18 heavy (non-hydrogen) atoms. The Morgan fingerprint density at radius 2 is 1.89 bits per heavy atom. The summed E-state index contributed by atoms with van der Waals surface area (Å²) >= 11 is 0. The smallest absolute Gasteiger partial charge is 0.315 e. The zero-order valence-corrected chi connectivity index (χ0v) is 11.3. The molecule has 0 spiro atoms. The van der Waals surface area contributed by atoms with Crippen LogP contribution < -0.4 is 10.6 Å². The quantitative estimate of drug-likeness (QED) is 0.705. The van der Waals surface area contributed by atoms with Gasteiger partial charge in [-0.3, -0.25) is 4.79 Å². The molecule has 0 bridgehead atoms. The first-order chi connectivity index (χ1) is 8.41. The lowest BCUT2D eigenvalue weighted by atomic mass is 9.76. The molecule has 1 aliphatic rings. The Balaban J connectivity index is 2.25. The van der Waals surface area contributed by atoms with Crippen molar-refractivity contribution in [1.82, 2.24) is 10.6 Å². The molecule has 0 radical (unpaired) electrons. The summed E-state index contributed by atoms with van der Waals surface area (Å²) in [4.78, 5) is 22.1. The summed E-state index contributed by atoms with van der Waals surface area (Å²) in [6, 6.07) is -0.614. The fourth-order valence-electron chi connectivity index (χ4n) is 2.46. The van der Waals surface area contributed by atoms with E-state index in [-0.39, 0.29) is 23.9 Å². The maximum absolute atomic E-state index is 11.6. The maximum Gasteiger partial charge on any atom is 0.315 e. The van der Waals surface area contributed by atoms with Crippen molar-refractivity contribution in [2.45, 2.75) is 58.4 Å². The van der Waals surface area contributed by atoms with Gasteiger partial charge in [-0.05, 0) is 25.2 Å². The number of hydrogen-bond donors (Lipinski definition) is 3. The van der Waals surface area contributed by atoms with Crippen LogP contribution in [-0.2, 0) is 4.79 Å². The molecule has 5 nitrogen and oxygen atoms in total. The second-order valence-corrected chi connectivity index (χ2v) is 5.70. The number of hydrogen-bond acceptors (Lipinski definition) is 2. The van der Waals surface area contributed by atoms with Crippen LogP contribution in [0, 0.1) is 5.41 Å². The van der Waals surface area contributed by atoms with Crippen molar-refractivity contribution in [3.05, 3.63) is 0 Å².